The molecule has 92 valence electrons. The largest absolute Gasteiger partial charge is 0.377 e. The maximum atomic E-state index is 12.2. The maximum absolute atomic E-state index is 12.2. The number of carbonyl (C=O) groups is 1. The van der Waals surface area contributed by atoms with Crippen LogP contribution < -0.4 is 5.32 Å². The van der Waals surface area contributed by atoms with Crippen molar-refractivity contribution in [2.24, 2.45) is 5.92 Å². The summed E-state index contributed by atoms with van der Waals surface area (Å²) in [5, 5.41) is 3.14. The van der Waals surface area contributed by atoms with Crippen molar-refractivity contribution in [2.75, 3.05) is 33.4 Å². The molecule has 1 N–H and O–H groups in total. The summed E-state index contributed by atoms with van der Waals surface area (Å²) in [5.41, 5.74) is 0. The third-order valence-corrected chi connectivity index (χ3v) is 3.69. The Bertz CT molecular complexity index is 241. The number of rotatable bonds is 4. The van der Waals surface area contributed by atoms with Crippen LogP contribution in [0.4, 0.5) is 0 Å². The van der Waals surface area contributed by atoms with Crippen molar-refractivity contribution in [1.29, 1.82) is 0 Å². The number of carbonyl (C=O) groups excluding carboxylic acids is 1. The van der Waals surface area contributed by atoms with Crippen LogP contribution in [0.15, 0.2) is 0 Å². The molecule has 1 amide bonds. The number of hydrogen-bond donors (Lipinski definition) is 1. The first-order chi connectivity index (χ1) is 7.83. The lowest BCUT2D eigenvalue weighted by Gasteiger charge is -2.39. The zero-order chi connectivity index (χ0) is 11.4. The first kappa shape index (κ1) is 11.9. The van der Waals surface area contributed by atoms with Gasteiger partial charge in [-0.1, -0.05) is 6.42 Å². The number of nitrogens with one attached hydrogen (secondary N) is 1. The zero-order valence-corrected chi connectivity index (χ0v) is 10.1. The SMILES string of the molecule is CNCCC1COCCN1C(=O)C1CCC1. The van der Waals surface area contributed by atoms with Crippen LogP contribution in [0.3, 0.4) is 0 Å². The van der Waals surface area contributed by atoms with Crippen molar-refractivity contribution in [2.45, 2.75) is 31.7 Å². The Morgan fingerprint density at radius 1 is 1.50 bits per heavy atom. The molecule has 4 nitrogen and oxygen atoms in total. The van der Waals surface area contributed by atoms with Crippen molar-refractivity contribution in [1.82, 2.24) is 10.2 Å². The summed E-state index contributed by atoms with van der Waals surface area (Å²) >= 11 is 0. The lowest BCUT2D eigenvalue weighted by molar-refractivity contribution is -0.147. The third kappa shape index (κ3) is 2.55. The fraction of sp³-hybridized carbons (Fsp3) is 0.917. The van der Waals surface area contributed by atoms with Gasteiger partial charge >= 0.3 is 0 Å². The summed E-state index contributed by atoms with van der Waals surface area (Å²) in [4.78, 5) is 14.3. The van der Waals surface area contributed by atoms with Gasteiger partial charge < -0.3 is 15.0 Å². The molecule has 1 aliphatic heterocycles. The highest BCUT2D eigenvalue weighted by Gasteiger charge is 2.34. The summed E-state index contributed by atoms with van der Waals surface area (Å²) in [6, 6.07) is 0.286. The molecule has 1 aliphatic carbocycles. The van der Waals surface area contributed by atoms with Crippen molar-refractivity contribution < 1.29 is 9.53 Å². The Morgan fingerprint density at radius 2 is 2.31 bits per heavy atom. The molecule has 2 rings (SSSR count). The molecule has 0 spiro atoms. The van der Waals surface area contributed by atoms with Crippen LogP contribution in [0.5, 0.6) is 0 Å². The van der Waals surface area contributed by atoms with E-state index in [2.05, 4.69) is 10.2 Å². The number of nitrogens with zero attached hydrogens (tertiary/aromatic N) is 1. The predicted molar refractivity (Wildman–Crippen MR) is 62.2 cm³/mol. The van der Waals surface area contributed by atoms with E-state index in [1.165, 1.54) is 6.42 Å². The van der Waals surface area contributed by atoms with E-state index in [1.54, 1.807) is 0 Å². The second-order valence-corrected chi connectivity index (χ2v) is 4.78. The smallest absolute Gasteiger partial charge is 0.226 e. The molecule has 1 heterocycles. The van der Waals surface area contributed by atoms with Crippen LogP contribution in [0, 0.1) is 5.92 Å². The molecule has 0 aromatic carbocycles. The average molecular weight is 226 g/mol. The highest BCUT2D eigenvalue weighted by molar-refractivity contribution is 5.80. The third-order valence-electron chi connectivity index (χ3n) is 3.69. The standard InChI is InChI=1S/C12H22N2O2/c1-13-6-5-11-9-16-8-7-14(11)12(15)10-3-2-4-10/h10-11,13H,2-9H2,1H3. The summed E-state index contributed by atoms with van der Waals surface area (Å²) in [6.07, 6.45) is 4.40. The molecule has 0 aromatic heterocycles. The second-order valence-electron chi connectivity index (χ2n) is 4.78. The highest BCUT2D eigenvalue weighted by atomic mass is 16.5. The van der Waals surface area contributed by atoms with Gasteiger partial charge in [0.25, 0.3) is 0 Å². The van der Waals surface area contributed by atoms with Gasteiger partial charge in [-0.2, -0.15) is 0 Å². The van der Waals surface area contributed by atoms with E-state index in [0.717, 1.165) is 32.4 Å². The minimum Gasteiger partial charge on any atom is -0.377 e. The van der Waals surface area contributed by atoms with E-state index in [9.17, 15) is 4.79 Å². The molecule has 0 aromatic rings. The van der Waals surface area contributed by atoms with Gasteiger partial charge in [0.2, 0.25) is 5.91 Å². The molecule has 16 heavy (non-hydrogen) atoms. The van der Waals surface area contributed by atoms with Crippen LogP contribution in [0.1, 0.15) is 25.7 Å². The lowest BCUT2D eigenvalue weighted by atomic mass is 9.84. The van der Waals surface area contributed by atoms with E-state index in [-0.39, 0.29) is 6.04 Å². The lowest BCUT2D eigenvalue weighted by Crippen LogP contribution is -2.52. The number of ether oxygens (including phenoxy) is 1. The topological polar surface area (TPSA) is 41.6 Å². The van der Waals surface area contributed by atoms with Crippen LogP contribution >= 0.6 is 0 Å². The Kier molecular flexibility index (Phi) is 4.18. The fourth-order valence-electron chi connectivity index (χ4n) is 2.38. The minimum absolute atomic E-state index is 0.286. The summed E-state index contributed by atoms with van der Waals surface area (Å²) < 4.78 is 5.47. The molecule has 1 saturated carbocycles. The quantitative estimate of drug-likeness (QED) is 0.764. The Labute approximate surface area is 97.3 Å². The Morgan fingerprint density at radius 3 is 2.94 bits per heavy atom. The molecule has 1 atom stereocenters. The van der Waals surface area contributed by atoms with Gasteiger partial charge in [-0.05, 0) is 32.9 Å². The number of hydrogen-bond acceptors (Lipinski definition) is 3. The fourth-order valence-corrected chi connectivity index (χ4v) is 2.38. The van der Waals surface area contributed by atoms with Crippen molar-refractivity contribution in [3.05, 3.63) is 0 Å². The first-order valence-corrected chi connectivity index (χ1v) is 6.35. The maximum Gasteiger partial charge on any atom is 0.226 e. The Hall–Kier alpha value is -0.610. The molecule has 0 bridgehead atoms. The van der Waals surface area contributed by atoms with Gasteiger partial charge in [0.05, 0.1) is 19.3 Å². The molecular weight excluding hydrogens is 204 g/mol. The summed E-state index contributed by atoms with van der Waals surface area (Å²) in [5.74, 6) is 0.686. The zero-order valence-electron chi connectivity index (χ0n) is 10.1. The molecule has 0 radical (unpaired) electrons. The van der Waals surface area contributed by atoms with Crippen LogP contribution in [-0.2, 0) is 9.53 Å². The summed E-state index contributed by atoms with van der Waals surface area (Å²) in [6.45, 7) is 3.14. The average Bonchev–Trinajstić information content (AvgIpc) is 2.24. The van der Waals surface area contributed by atoms with Gasteiger partial charge in [0.1, 0.15) is 0 Å². The van der Waals surface area contributed by atoms with Crippen molar-refractivity contribution in [3.63, 3.8) is 0 Å². The van der Waals surface area contributed by atoms with Gasteiger partial charge in [0, 0.05) is 12.5 Å². The van der Waals surface area contributed by atoms with Crippen LogP contribution in [-0.4, -0.2) is 50.2 Å². The van der Waals surface area contributed by atoms with Crippen LogP contribution in [0.25, 0.3) is 0 Å². The highest BCUT2D eigenvalue weighted by Crippen LogP contribution is 2.29. The Balaban J connectivity index is 1.89. The van der Waals surface area contributed by atoms with Gasteiger partial charge in [0.15, 0.2) is 0 Å². The molecule has 2 aliphatic rings. The molecule has 2 fully saturated rings. The molecule has 1 saturated heterocycles. The van der Waals surface area contributed by atoms with E-state index >= 15 is 0 Å². The van der Waals surface area contributed by atoms with Gasteiger partial charge in [-0.15, -0.1) is 0 Å². The van der Waals surface area contributed by atoms with Gasteiger partial charge in [-0.3, -0.25) is 4.79 Å². The van der Waals surface area contributed by atoms with E-state index in [4.69, 9.17) is 4.74 Å². The minimum atomic E-state index is 0.286. The van der Waals surface area contributed by atoms with Crippen molar-refractivity contribution in [3.8, 4) is 0 Å². The number of amides is 1. The molecule has 4 heteroatoms. The van der Waals surface area contributed by atoms with Gasteiger partial charge in [-0.25, -0.2) is 0 Å². The predicted octanol–water partition coefficient (Wildman–Crippen LogP) is 0.623. The van der Waals surface area contributed by atoms with Crippen molar-refractivity contribution >= 4 is 5.91 Å². The molecule has 1 unspecified atom stereocenters. The second kappa shape index (κ2) is 5.64. The van der Waals surface area contributed by atoms with Crippen LogP contribution in [0.2, 0.25) is 0 Å². The van der Waals surface area contributed by atoms with E-state index < -0.39 is 0 Å². The normalized spacial score (nSPS) is 26.6. The molecular formula is C12H22N2O2. The van der Waals surface area contributed by atoms with E-state index in [1.807, 2.05) is 7.05 Å². The number of morpholine rings is 1. The summed E-state index contributed by atoms with van der Waals surface area (Å²) in [7, 11) is 1.95. The van der Waals surface area contributed by atoms with E-state index in [0.29, 0.717) is 25.0 Å². The first-order valence-electron chi connectivity index (χ1n) is 6.35. The monoisotopic (exact) mass is 226 g/mol.